The van der Waals surface area contributed by atoms with Gasteiger partial charge in [-0.3, -0.25) is 4.79 Å². The maximum absolute atomic E-state index is 12.3. The van der Waals surface area contributed by atoms with Crippen LogP contribution in [-0.2, 0) is 19.0 Å². The zero-order valence-electron chi connectivity index (χ0n) is 30.4. The predicted molar refractivity (Wildman–Crippen MR) is 178 cm³/mol. The lowest BCUT2D eigenvalue weighted by molar-refractivity contribution is -0.299. The van der Waals surface area contributed by atoms with Gasteiger partial charge in [-0.2, -0.15) is 0 Å². The minimum atomic E-state index is -1.49. The number of aliphatic hydroxyl groups excluding tert-OH is 7. The summed E-state index contributed by atoms with van der Waals surface area (Å²) in [6, 6.07) is 0. The van der Waals surface area contributed by atoms with Crippen LogP contribution in [0.1, 0.15) is 99.8 Å². The van der Waals surface area contributed by atoms with E-state index in [4.69, 9.17) is 14.2 Å². The number of carbonyl (C=O) groups is 1. The number of hydrogen-bond acceptors (Lipinski definition) is 11. The molecule has 5 aliphatic carbocycles. The Morgan fingerprint density at radius 1 is 0.939 bits per heavy atom. The van der Waals surface area contributed by atoms with Crippen molar-refractivity contribution >= 4 is 5.97 Å². The molecule has 7 N–H and O–H groups in total. The zero-order chi connectivity index (χ0) is 36.1. The summed E-state index contributed by atoms with van der Waals surface area (Å²) in [5, 5.41) is 75.7. The second kappa shape index (κ2) is 12.8. The lowest BCUT2D eigenvalue weighted by Gasteiger charge is -2.65. The Morgan fingerprint density at radius 2 is 1.61 bits per heavy atom. The van der Waals surface area contributed by atoms with Crippen LogP contribution in [-0.4, -0.2) is 110 Å². The van der Waals surface area contributed by atoms with E-state index >= 15 is 0 Å². The molecule has 0 aromatic carbocycles. The Hall–Kier alpha value is -1.15. The molecule has 11 nitrogen and oxygen atoms in total. The summed E-state index contributed by atoms with van der Waals surface area (Å²) < 4.78 is 16.9. The highest BCUT2D eigenvalue weighted by Gasteiger charge is 2.86. The molecule has 1 saturated heterocycles. The van der Waals surface area contributed by atoms with Crippen molar-refractivity contribution in [3.05, 3.63) is 11.6 Å². The molecule has 11 heteroatoms. The number of allylic oxidation sites excluding steroid dienone is 1. The number of fused-ring (bicyclic) bond motifs is 2. The molecule has 0 bridgehead atoms. The molecule has 0 aromatic heterocycles. The Labute approximate surface area is 291 Å². The van der Waals surface area contributed by atoms with Crippen molar-refractivity contribution < 1.29 is 54.8 Å². The Kier molecular flexibility index (Phi) is 9.79. The summed E-state index contributed by atoms with van der Waals surface area (Å²) in [4.78, 5) is 12.0. The van der Waals surface area contributed by atoms with Crippen LogP contribution in [0, 0.1) is 50.7 Å². The van der Waals surface area contributed by atoms with Crippen molar-refractivity contribution in [1.82, 2.24) is 0 Å². The fraction of sp³-hybridized carbons (Fsp3) is 0.921. The maximum atomic E-state index is 12.3. The van der Waals surface area contributed by atoms with Crippen LogP contribution in [0.3, 0.4) is 0 Å². The van der Waals surface area contributed by atoms with Crippen molar-refractivity contribution in [2.45, 2.75) is 155 Å². The van der Waals surface area contributed by atoms with Gasteiger partial charge >= 0.3 is 5.97 Å². The van der Waals surface area contributed by atoms with Crippen LogP contribution in [0.25, 0.3) is 0 Å². The second-order valence-electron chi connectivity index (χ2n) is 18.1. The van der Waals surface area contributed by atoms with Crippen molar-refractivity contribution in [3.63, 3.8) is 0 Å². The van der Waals surface area contributed by atoms with E-state index in [2.05, 4.69) is 40.7 Å². The highest BCUT2D eigenvalue weighted by atomic mass is 16.7. The number of aliphatic hydroxyl groups is 7. The molecule has 0 amide bonds. The van der Waals surface area contributed by atoms with Gasteiger partial charge in [-0.1, -0.05) is 46.3 Å². The van der Waals surface area contributed by atoms with Crippen LogP contribution in [0.15, 0.2) is 11.6 Å². The molecule has 2 spiro atoms. The van der Waals surface area contributed by atoms with Gasteiger partial charge < -0.3 is 50.0 Å². The molecule has 6 fully saturated rings. The van der Waals surface area contributed by atoms with Gasteiger partial charge in [0.05, 0.1) is 31.5 Å². The number of hydrogen-bond donors (Lipinski definition) is 7. The molecule has 17 atom stereocenters. The molecule has 1 heterocycles. The predicted octanol–water partition coefficient (Wildman–Crippen LogP) is 2.45. The van der Waals surface area contributed by atoms with E-state index in [1.165, 1.54) is 6.92 Å². The highest BCUT2D eigenvalue weighted by Crippen LogP contribution is 2.89. The third kappa shape index (κ3) is 5.34. The summed E-state index contributed by atoms with van der Waals surface area (Å²) in [6.45, 7) is 14.0. The molecular formula is C38H62O11. The highest BCUT2D eigenvalue weighted by molar-refractivity contribution is 5.66. The van der Waals surface area contributed by atoms with E-state index in [1.807, 2.05) is 6.92 Å². The first-order valence-corrected chi connectivity index (χ1v) is 18.6. The van der Waals surface area contributed by atoms with Gasteiger partial charge in [0.2, 0.25) is 0 Å². The third-order valence-electron chi connectivity index (χ3n) is 15.6. The van der Waals surface area contributed by atoms with Gasteiger partial charge in [0.1, 0.15) is 30.5 Å². The minimum absolute atomic E-state index is 0.0996. The quantitative estimate of drug-likeness (QED) is 0.139. The molecule has 0 radical (unpaired) electrons. The Balaban J connectivity index is 1.14. The van der Waals surface area contributed by atoms with E-state index in [1.54, 1.807) is 0 Å². The summed E-state index contributed by atoms with van der Waals surface area (Å²) >= 11 is 0. The van der Waals surface area contributed by atoms with Crippen molar-refractivity contribution in [3.8, 4) is 0 Å². The lowest BCUT2D eigenvalue weighted by Crippen LogP contribution is -2.64. The van der Waals surface area contributed by atoms with Gasteiger partial charge in [0, 0.05) is 29.6 Å². The molecule has 49 heavy (non-hydrogen) atoms. The number of rotatable bonds is 9. The molecule has 280 valence electrons. The van der Waals surface area contributed by atoms with E-state index in [0.29, 0.717) is 19.3 Å². The van der Waals surface area contributed by atoms with E-state index in [0.717, 1.165) is 37.7 Å². The fourth-order valence-electron chi connectivity index (χ4n) is 13.1. The van der Waals surface area contributed by atoms with Crippen molar-refractivity contribution in [2.24, 2.45) is 50.7 Å². The normalized spacial score (nSPS) is 52.3. The van der Waals surface area contributed by atoms with E-state index in [9.17, 15) is 40.5 Å². The first kappa shape index (κ1) is 37.6. The Morgan fingerprint density at radius 3 is 2.27 bits per heavy atom. The molecular weight excluding hydrogens is 632 g/mol. The van der Waals surface area contributed by atoms with Crippen LogP contribution in [0.5, 0.6) is 0 Å². The summed E-state index contributed by atoms with van der Waals surface area (Å²) in [5.41, 5.74) is -0.704. The topological polar surface area (TPSA) is 186 Å². The van der Waals surface area contributed by atoms with Gasteiger partial charge in [-0.25, -0.2) is 0 Å². The molecule has 17 unspecified atom stereocenters. The van der Waals surface area contributed by atoms with Gasteiger partial charge in [-0.05, 0) is 86.4 Å². The third-order valence-corrected chi connectivity index (χ3v) is 15.6. The smallest absolute Gasteiger partial charge is 0.302 e. The average molecular weight is 695 g/mol. The molecule has 0 aromatic rings. The fourth-order valence-corrected chi connectivity index (χ4v) is 13.1. The van der Waals surface area contributed by atoms with Crippen molar-refractivity contribution in [2.75, 3.05) is 13.2 Å². The van der Waals surface area contributed by atoms with Gasteiger partial charge in [-0.15, -0.1) is 0 Å². The van der Waals surface area contributed by atoms with E-state index in [-0.39, 0.29) is 64.0 Å². The molecule has 1 aliphatic heterocycles. The average Bonchev–Trinajstić information content (AvgIpc) is 3.64. The molecule has 6 aliphatic rings. The van der Waals surface area contributed by atoms with Crippen LogP contribution in [0.2, 0.25) is 0 Å². The number of carbonyl (C=O) groups excluding carboxylic acids is 1. The summed E-state index contributed by atoms with van der Waals surface area (Å²) in [6.07, 6.45) is -0.676. The van der Waals surface area contributed by atoms with Crippen LogP contribution >= 0.6 is 0 Å². The minimum Gasteiger partial charge on any atom is -0.462 e. The number of ether oxygens (including phenoxy) is 3. The standard InChI is InChI=1S/C38H62O11/c1-19(17-47-33-32(46)31(45)30(44)23(16-39)49-33)9-8-10-20(2)29-22(41)14-35(6)25-12-11-24-34(4,5)28(48-21(3)40)13-26(42)38(24)18-37(25,38)15-27(43)36(29,35)7/h9,20,22-33,39,41-46H,8,10-18H2,1-7H3. The summed E-state index contributed by atoms with van der Waals surface area (Å²) in [7, 11) is 0. The van der Waals surface area contributed by atoms with Gasteiger partial charge in [0.25, 0.3) is 0 Å². The first-order valence-electron chi connectivity index (χ1n) is 18.6. The zero-order valence-corrected chi connectivity index (χ0v) is 30.4. The van der Waals surface area contributed by atoms with Gasteiger partial charge in [0.15, 0.2) is 6.29 Å². The summed E-state index contributed by atoms with van der Waals surface area (Å²) in [5.74, 6) is 0.162. The first-order chi connectivity index (χ1) is 22.8. The second-order valence-corrected chi connectivity index (χ2v) is 18.1. The molecule has 5 saturated carbocycles. The SMILES string of the molecule is CC(=O)OC1CC(O)C23CC24CC(O)C2(C)C(C(C)CCC=C(C)COC5OC(CO)C(O)C(O)C5O)C(O)CC2(C)C4CCC3C1(C)C. The lowest BCUT2D eigenvalue weighted by atomic mass is 9.40. The number of esters is 1. The van der Waals surface area contributed by atoms with Crippen LogP contribution in [0.4, 0.5) is 0 Å². The maximum Gasteiger partial charge on any atom is 0.302 e. The molecule has 6 rings (SSSR count). The largest absolute Gasteiger partial charge is 0.462 e. The monoisotopic (exact) mass is 694 g/mol. The van der Waals surface area contributed by atoms with Crippen molar-refractivity contribution in [1.29, 1.82) is 0 Å². The Bertz CT molecular complexity index is 1290. The van der Waals surface area contributed by atoms with Crippen LogP contribution < -0.4 is 0 Å². The van der Waals surface area contributed by atoms with E-state index < -0.39 is 61.0 Å².